The second-order valence-corrected chi connectivity index (χ2v) is 9.96. The van der Waals surface area contributed by atoms with Gasteiger partial charge in [-0.15, -0.1) is 0 Å². The maximum Gasteiger partial charge on any atom is 0.514 e. The zero-order valence-corrected chi connectivity index (χ0v) is 22.1. The average molecular weight is 519 g/mol. The van der Waals surface area contributed by atoms with Gasteiger partial charge >= 0.3 is 12.3 Å². The van der Waals surface area contributed by atoms with E-state index in [0.717, 1.165) is 5.56 Å². The maximum absolute atomic E-state index is 13.9. The minimum atomic E-state index is -1.01. The summed E-state index contributed by atoms with van der Waals surface area (Å²) in [4.78, 5) is 52.7. The summed E-state index contributed by atoms with van der Waals surface area (Å²) in [7, 11) is 0. The lowest BCUT2D eigenvalue weighted by Gasteiger charge is -2.22. The lowest BCUT2D eigenvalue weighted by molar-refractivity contribution is -0.112. The van der Waals surface area contributed by atoms with Crippen molar-refractivity contribution >= 4 is 46.5 Å². The Labute approximate surface area is 219 Å². The number of carbonyl (C=O) groups excluding carboxylic acids is 4. The summed E-state index contributed by atoms with van der Waals surface area (Å²) in [5.41, 5.74) is 1.01. The zero-order chi connectivity index (χ0) is 27.6. The van der Waals surface area contributed by atoms with Crippen molar-refractivity contribution in [3.63, 3.8) is 0 Å². The molecule has 0 unspecified atom stereocenters. The predicted octanol–water partition coefficient (Wildman–Crippen LogP) is 2.25. The van der Waals surface area contributed by atoms with Crippen LogP contribution in [0, 0.1) is 11.8 Å². The Bertz CT molecular complexity index is 1580. The lowest BCUT2D eigenvalue weighted by Crippen LogP contribution is -2.48. The van der Waals surface area contributed by atoms with E-state index >= 15 is 0 Å². The van der Waals surface area contributed by atoms with Gasteiger partial charge < -0.3 is 18.9 Å². The van der Waals surface area contributed by atoms with Crippen LogP contribution in [0.25, 0.3) is 22.7 Å². The molecule has 0 atom stereocenters. The van der Waals surface area contributed by atoms with Crippen LogP contribution in [0.4, 0.5) is 9.59 Å². The molecule has 2 aromatic rings. The van der Waals surface area contributed by atoms with Crippen LogP contribution in [0.5, 0.6) is 0 Å². The summed E-state index contributed by atoms with van der Waals surface area (Å²) in [5, 5.41) is 1.32. The summed E-state index contributed by atoms with van der Waals surface area (Å²) in [6.07, 6.45) is -1.36. The van der Waals surface area contributed by atoms with E-state index in [-0.39, 0.29) is 52.9 Å². The van der Waals surface area contributed by atoms with Crippen LogP contribution in [0.2, 0.25) is 0 Å². The summed E-state index contributed by atoms with van der Waals surface area (Å²) in [6.45, 7) is 9.71. The monoisotopic (exact) mass is 518 g/mol. The quantitative estimate of drug-likeness (QED) is 0.514. The van der Waals surface area contributed by atoms with Gasteiger partial charge in [0.2, 0.25) is 11.6 Å². The van der Waals surface area contributed by atoms with Crippen molar-refractivity contribution in [3.8, 4) is 0 Å². The van der Waals surface area contributed by atoms with Gasteiger partial charge in [0, 0.05) is 21.6 Å². The molecule has 0 aliphatic heterocycles. The SMILES string of the molecule is CCc1ccc2c(c1)=C(OC(=O)OCC(C)C)C(=O)C1=c3ccccc3=C(OC(=O)OCC(C)C)C(=O)C=21. The fourth-order valence-corrected chi connectivity index (χ4v) is 4.23. The number of Topliss-reactive ketones (excluding diaryl/α,β-unsaturated/α-hetero) is 2. The minimum Gasteiger partial charge on any atom is -0.434 e. The van der Waals surface area contributed by atoms with Crippen LogP contribution in [0.3, 0.4) is 0 Å². The molecule has 0 saturated heterocycles. The van der Waals surface area contributed by atoms with Crippen molar-refractivity contribution in [1.82, 2.24) is 0 Å². The highest BCUT2D eigenvalue weighted by Gasteiger charge is 2.37. The summed E-state index contributed by atoms with van der Waals surface area (Å²) in [6, 6.07) is 11.9. The Morgan fingerprint density at radius 3 is 1.66 bits per heavy atom. The van der Waals surface area contributed by atoms with Crippen molar-refractivity contribution in [1.29, 1.82) is 0 Å². The first-order chi connectivity index (χ1) is 18.1. The van der Waals surface area contributed by atoms with Crippen molar-refractivity contribution in [2.24, 2.45) is 11.8 Å². The molecule has 0 radical (unpaired) electrons. The van der Waals surface area contributed by atoms with Gasteiger partial charge in [0.05, 0.1) is 13.2 Å². The molecule has 8 nitrogen and oxygen atoms in total. The highest BCUT2D eigenvalue weighted by molar-refractivity contribution is 6.58. The maximum atomic E-state index is 13.9. The molecule has 8 heteroatoms. The summed E-state index contributed by atoms with van der Waals surface area (Å²) >= 11 is 0. The van der Waals surface area contributed by atoms with Gasteiger partial charge in [0.1, 0.15) is 0 Å². The van der Waals surface area contributed by atoms with E-state index < -0.39 is 23.9 Å². The standard InChI is InChI=1S/C30H30O8/c1-6-18-11-12-20-22(13-18)28(38-30(34)36-15-17(4)5)26(32)23-19-9-7-8-10-21(19)27(25(31)24(20)23)37-29(33)35-14-16(2)3/h7-13,16-17H,6,14-15H2,1-5H3. The molecule has 0 bridgehead atoms. The largest absolute Gasteiger partial charge is 0.514 e. The molecule has 2 aromatic carbocycles. The van der Waals surface area contributed by atoms with Gasteiger partial charge in [-0.3, -0.25) is 9.59 Å². The number of rotatable bonds is 7. The summed E-state index contributed by atoms with van der Waals surface area (Å²) < 4.78 is 21.2. The Hall–Kier alpha value is -4.20. The van der Waals surface area contributed by atoms with E-state index in [4.69, 9.17) is 18.9 Å². The smallest absolute Gasteiger partial charge is 0.434 e. The lowest BCUT2D eigenvalue weighted by atomic mass is 9.83. The predicted molar refractivity (Wildman–Crippen MR) is 139 cm³/mol. The van der Waals surface area contributed by atoms with Gasteiger partial charge in [-0.05, 0) is 40.3 Å². The molecule has 0 saturated carbocycles. The number of ether oxygens (including phenoxy) is 4. The number of ketones is 2. The molecule has 0 fully saturated rings. The Kier molecular flexibility index (Phi) is 7.80. The van der Waals surface area contributed by atoms with Crippen LogP contribution in [-0.2, 0) is 35.0 Å². The summed E-state index contributed by atoms with van der Waals surface area (Å²) in [5.74, 6) is -1.57. The Morgan fingerprint density at radius 2 is 1.16 bits per heavy atom. The first kappa shape index (κ1) is 26.9. The first-order valence-corrected chi connectivity index (χ1v) is 12.6. The molecule has 0 heterocycles. The Morgan fingerprint density at radius 1 is 0.684 bits per heavy atom. The highest BCUT2D eigenvalue weighted by atomic mass is 16.7. The van der Waals surface area contributed by atoms with Crippen molar-refractivity contribution in [2.45, 2.75) is 41.0 Å². The molecule has 0 spiro atoms. The van der Waals surface area contributed by atoms with Gasteiger partial charge in [-0.2, -0.15) is 0 Å². The average Bonchev–Trinajstić information content (AvgIpc) is 2.89. The number of fused-ring (bicyclic) bond motifs is 3. The van der Waals surface area contributed by atoms with Gasteiger partial charge in [0.15, 0.2) is 11.5 Å². The van der Waals surface area contributed by atoms with Crippen molar-refractivity contribution < 1.29 is 38.1 Å². The van der Waals surface area contributed by atoms with Crippen LogP contribution in [0.15, 0.2) is 42.5 Å². The topological polar surface area (TPSA) is 105 Å². The number of hydrogen-bond acceptors (Lipinski definition) is 8. The molecular formula is C30H30O8. The number of aryl methyl sites for hydroxylation is 1. The molecule has 2 aliphatic rings. The fourth-order valence-electron chi connectivity index (χ4n) is 4.23. The van der Waals surface area contributed by atoms with Crippen molar-refractivity contribution in [3.05, 3.63) is 68.9 Å². The van der Waals surface area contributed by atoms with Crippen molar-refractivity contribution in [2.75, 3.05) is 13.2 Å². The highest BCUT2D eigenvalue weighted by Crippen LogP contribution is 2.26. The van der Waals surface area contributed by atoms with Gasteiger partial charge in [0.25, 0.3) is 0 Å². The molecule has 2 aliphatic carbocycles. The van der Waals surface area contributed by atoms with Crippen LogP contribution in [0.1, 0.15) is 40.2 Å². The van der Waals surface area contributed by atoms with E-state index in [1.165, 1.54) is 0 Å². The zero-order valence-electron chi connectivity index (χ0n) is 22.1. The molecule has 4 rings (SSSR count). The number of benzene rings is 2. The minimum absolute atomic E-state index is 0.0666. The molecule has 198 valence electrons. The fraction of sp³-hybridized carbons (Fsp3) is 0.333. The molecule has 38 heavy (non-hydrogen) atoms. The van der Waals surface area contributed by atoms with Crippen LogP contribution in [-0.4, -0.2) is 37.1 Å². The third-order valence-electron chi connectivity index (χ3n) is 6.00. The van der Waals surface area contributed by atoms with Crippen LogP contribution < -0.4 is 20.9 Å². The van der Waals surface area contributed by atoms with Gasteiger partial charge in [-0.1, -0.05) is 71.0 Å². The molecule has 0 aromatic heterocycles. The van der Waals surface area contributed by atoms with E-state index in [1.54, 1.807) is 36.4 Å². The van der Waals surface area contributed by atoms with Crippen LogP contribution >= 0.6 is 0 Å². The van der Waals surface area contributed by atoms with E-state index in [2.05, 4.69) is 0 Å². The number of hydrogen-bond donors (Lipinski definition) is 0. The second-order valence-electron chi connectivity index (χ2n) is 9.96. The van der Waals surface area contributed by atoms with Gasteiger partial charge in [-0.25, -0.2) is 9.59 Å². The van der Waals surface area contributed by atoms with E-state index in [1.807, 2.05) is 40.7 Å². The Balaban J connectivity index is 1.96. The van der Waals surface area contributed by atoms with E-state index in [9.17, 15) is 19.2 Å². The molecule has 0 N–H and O–H groups in total. The van der Waals surface area contributed by atoms with E-state index in [0.29, 0.717) is 22.1 Å². The normalized spacial score (nSPS) is 14.3. The molecular weight excluding hydrogens is 488 g/mol. The third kappa shape index (κ3) is 5.25. The third-order valence-corrected chi connectivity index (χ3v) is 6.00. The number of carbonyl (C=O) groups is 4. The molecule has 0 amide bonds. The second kappa shape index (κ2) is 11.0. The first-order valence-electron chi connectivity index (χ1n) is 12.6.